The second kappa shape index (κ2) is 5.53. The van der Waals surface area contributed by atoms with Crippen molar-refractivity contribution in [2.75, 3.05) is 6.54 Å². The summed E-state index contributed by atoms with van der Waals surface area (Å²) in [6.45, 7) is 5.43. The molecule has 2 nitrogen and oxygen atoms in total. The quantitative estimate of drug-likeness (QED) is 0.759. The molecule has 1 aliphatic rings. The highest BCUT2D eigenvalue weighted by Crippen LogP contribution is 2.38. The Hall–Kier alpha value is -0.760. The second-order valence-corrected chi connectivity index (χ2v) is 4.84. The fourth-order valence-corrected chi connectivity index (χ4v) is 2.08. The first kappa shape index (κ1) is 11.7. The van der Waals surface area contributed by atoms with Crippen molar-refractivity contribution < 1.29 is 4.42 Å². The van der Waals surface area contributed by atoms with Crippen molar-refractivity contribution in [3.8, 4) is 0 Å². The summed E-state index contributed by atoms with van der Waals surface area (Å²) in [5.74, 6) is 3.18. The van der Waals surface area contributed by atoms with Crippen LogP contribution in [0.15, 0.2) is 16.5 Å². The van der Waals surface area contributed by atoms with E-state index in [1.54, 1.807) is 0 Å². The molecule has 1 aromatic rings. The van der Waals surface area contributed by atoms with E-state index in [4.69, 9.17) is 4.42 Å². The topological polar surface area (TPSA) is 25.2 Å². The van der Waals surface area contributed by atoms with Crippen LogP contribution in [0.3, 0.4) is 0 Å². The molecular formula is C14H23NO. The minimum absolute atomic E-state index is 0.438. The molecule has 2 heteroatoms. The Kier molecular flexibility index (Phi) is 4.05. The molecule has 0 bridgehead atoms. The summed E-state index contributed by atoms with van der Waals surface area (Å²) in [6.07, 6.45) is 6.24. The van der Waals surface area contributed by atoms with E-state index >= 15 is 0 Å². The van der Waals surface area contributed by atoms with Crippen LogP contribution in [-0.4, -0.2) is 6.54 Å². The molecule has 1 saturated carbocycles. The monoisotopic (exact) mass is 221 g/mol. The highest BCUT2D eigenvalue weighted by atomic mass is 16.3. The molecule has 1 atom stereocenters. The van der Waals surface area contributed by atoms with Gasteiger partial charge in [0.1, 0.15) is 11.5 Å². The van der Waals surface area contributed by atoms with Crippen LogP contribution < -0.4 is 5.32 Å². The molecule has 16 heavy (non-hydrogen) atoms. The van der Waals surface area contributed by atoms with Gasteiger partial charge in [-0.1, -0.05) is 26.7 Å². The molecule has 1 heterocycles. The number of nitrogens with one attached hydrogen (secondary N) is 1. The van der Waals surface area contributed by atoms with Crippen LogP contribution >= 0.6 is 0 Å². The summed E-state index contributed by atoms with van der Waals surface area (Å²) >= 11 is 0. The molecule has 2 rings (SSSR count). The van der Waals surface area contributed by atoms with Gasteiger partial charge >= 0.3 is 0 Å². The summed E-state index contributed by atoms with van der Waals surface area (Å²) in [7, 11) is 0. The van der Waals surface area contributed by atoms with Crippen LogP contribution in [0.1, 0.15) is 57.1 Å². The average Bonchev–Trinajstić information content (AvgIpc) is 2.99. The van der Waals surface area contributed by atoms with Gasteiger partial charge in [-0.2, -0.15) is 0 Å². The van der Waals surface area contributed by atoms with Crippen LogP contribution in [0, 0.1) is 5.92 Å². The Bertz CT molecular complexity index is 314. The van der Waals surface area contributed by atoms with Gasteiger partial charge in [0.25, 0.3) is 0 Å². The number of rotatable bonds is 7. The molecular weight excluding hydrogens is 198 g/mol. The molecule has 0 aromatic carbocycles. The summed E-state index contributed by atoms with van der Waals surface area (Å²) in [5, 5.41) is 3.60. The van der Waals surface area contributed by atoms with Crippen molar-refractivity contribution in [1.82, 2.24) is 5.32 Å². The van der Waals surface area contributed by atoms with Crippen LogP contribution in [0.2, 0.25) is 0 Å². The van der Waals surface area contributed by atoms with E-state index in [0.717, 1.165) is 30.4 Å². The normalized spacial score (nSPS) is 17.6. The SMILES string of the molecule is CCCNC(CC1CC1)c1ccc(CC)o1. The standard InChI is InChI=1S/C14H23NO/c1-3-9-15-13(10-11-5-6-11)14-8-7-12(4-2)16-14/h7-8,11,13,15H,3-6,9-10H2,1-2H3. The van der Waals surface area contributed by atoms with E-state index in [0.29, 0.717) is 6.04 Å². The Morgan fingerprint density at radius 1 is 1.38 bits per heavy atom. The predicted molar refractivity (Wildman–Crippen MR) is 66.5 cm³/mol. The van der Waals surface area contributed by atoms with Gasteiger partial charge in [-0.15, -0.1) is 0 Å². The van der Waals surface area contributed by atoms with E-state index in [-0.39, 0.29) is 0 Å². The summed E-state index contributed by atoms with van der Waals surface area (Å²) < 4.78 is 5.86. The third-order valence-corrected chi connectivity index (χ3v) is 3.28. The Labute approximate surface area is 98.4 Å². The molecule has 1 aromatic heterocycles. The van der Waals surface area contributed by atoms with Gasteiger partial charge in [-0.05, 0) is 37.4 Å². The van der Waals surface area contributed by atoms with Gasteiger partial charge in [0, 0.05) is 6.42 Å². The third-order valence-electron chi connectivity index (χ3n) is 3.28. The second-order valence-electron chi connectivity index (χ2n) is 4.84. The molecule has 0 spiro atoms. The lowest BCUT2D eigenvalue weighted by molar-refractivity contribution is 0.369. The minimum Gasteiger partial charge on any atom is -0.464 e. The molecule has 1 aliphatic carbocycles. The maximum Gasteiger partial charge on any atom is 0.121 e. The van der Waals surface area contributed by atoms with Gasteiger partial charge in [0.05, 0.1) is 6.04 Å². The maximum atomic E-state index is 5.86. The van der Waals surface area contributed by atoms with Crippen molar-refractivity contribution in [1.29, 1.82) is 0 Å². The number of hydrogen-bond donors (Lipinski definition) is 1. The fraction of sp³-hybridized carbons (Fsp3) is 0.714. The lowest BCUT2D eigenvalue weighted by atomic mass is 10.1. The number of aryl methyl sites for hydroxylation is 1. The molecule has 0 saturated heterocycles. The van der Waals surface area contributed by atoms with E-state index in [2.05, 4.69) is 31.3 Å². The molecule has 0 radical (unpaired) electrons. The van der Waals surface area contributed by atoms with Crippen molar-refractivity contribution in [3.63, 3.8) is 0 Å². The zero-order chi connectivity index (χ0) is 11.4. The zero-order valence-corrected chi connectivity index (χ0v) is 10.5. The lowest BCUT2D eigenvalue weighted by Crippen LogP contribution is -2.22. The Morgan fingerprint density at radius 2 is 2.19 bits per heavy atom. The molecule has 1 N–H and O–H groups in total. The number of hydrogen-bond acceptors (Lipinski definition) is 2. The van der Waals surface area contributed by atoms with E-state index in [1.165, 1.54) is 25.7 Å². The predicted octanol–water partition coefficient (Wildman–Crippen LogP) is 3.68. The molecule has 1 unspecified atom stereocenters. The summed E-state index contributed by atoms with van der Waals surface area (Å²) in [6, 6.07) is 4.70. The summed E-state index contributed by atoms with van der Waals surface area (Å²) in [4.78, 5) is 0. The van der Waals surface area contributed by atoms with Crippen molar-refractivity contribution >= 4 is 0 Å². The first-order chi connectivity index (χ1) is 7.83. The molecule has 1 fully saturated rings. The average molecular weight is 221 g/mol. The Balaban J connectivity index is 1.97. The van der Waals surface area contributed by atoms with Crippen molar-refractivity contribution in [3.05, 3.63) is 23.7 Å². The highest BCUT2D eigenvalue weighted by molar-refractivity contribution is 5.11. The lowest BCUT2D eigenvalue weighted by Gasteiger charge is -2.15. The number of furan rings is 1. The minimum atomic E-state index is 0.438. The highest BCUT2D eigenvalue weighted by Gasteiger charge is 2.27. The van der Waals surface area contributed by atoms with E-state index in [9.17, 15) is 0 Å². The molecule has 0 amide bonds. The van der Waals surface area contributed by atoms with Crippen LogP contribution in [0.5, 0.6) is 0 Å². The van der Waals surface area contributed by atoms with Crippen LogP contribution in [-0.2, 0) is 6.42 Å². The first-order valence-corrected chi connectivity index (χ1v) is 6.65. The zero-order valence-electron chi connectivity index (χ0n) is 10.5. The van der Waals surface area contributed by atoms with Gasteiger partial charge in [-0.3, -0.25) is 0 Å². The van der Waals surface area contributed by atoms with E-state index < -0.39 is 0 Å². The van der Waals surface area contributed by atoms with Gasteiger partial charge in [-0.25, -0.2) is 0 Å². The van der Waals surface area contributed by atoms with Gasteiger partial charge < -0.3 is 9.73 Å². The van der Waals surface area contributed by atoms with E-state index in [1.807, 2.05) is 0 Å². The third kappa shape index (κ3) is 3.11. The summed E-state index contributed by atoms with van der Waals surface area (Å²) in [5.41, 5.74) is 0. The Morgan fingerprint density at radius 3 is 2.75 bits per heavy atom. The van der Waals surface area contributed by atoms with Gasteiger partial charge in [0.2, 0.25) is 0 Å². The maximum absolute atomic E-state index is 5.86. The molecule has 0 aliphatic heterocycles. The van der Waals surface area contributed by atoms with Gasteiger partial charge in [0.15, 0.2) is 0 Å². The van der Waals surface area contributed by atoms with Crippen LogP contribution in [0.4, 0.5) is 0 Å². The molecule has 90 valence electrons. The smallest absolute Gasteiger partial charge is 0.121 e. The first-order valence-electron chi connectivity index (χ1n) is 6.65. The fourth-order valence-electron chi connectivity index (χ4n) is 2.08. The van der Waals surface area contributed by atoms with Crippen molar-refractivity contribution in [2.24, 2.45) is 5.92 Å². The largest absolute Gasteiger partial charge is 0.464 e. The van der Waals surface area contributed by atoms with Crippen LogP contribution in [0.25, 0.3) is 0 Å². The van der Waals surface area contributed by atoms with Crippen molar-refractivity contribution in [2.45, 2.75) is 52.0 Å².